The summed E-state index contributed by atoms with van der Waals surface area (Å²) < 4.78 is 32.5. The molecule has 1 saturated heterocycles. The highest BCUT2D eigenvalue weighted by molar-refractivity contribution is 7.89. The molecule has 1 aliphatic rings. The van der Waals surface area contributed by atoms with Crippen molar-refractivity contribution in [2.45, 2.75) is 44.0 Å². The number of benzene rings is 1. The summed E-state index contributed by atoms with van der Waals surface area (Å²) in [5, 5.41) is 9.79. The first-order valence-electron chi connectivity index (χ1n) is 7.59. The van der Waals surface area contributed by atoms with Crippen molar-refractivity contribution < 1.29 is 18.3 Å². The minimum absolute atomic E-state index is 0.164. The third-order valence-electron chi connectivity index (χ3n) is 4.54. The zero-order valence-corrected chi connectivity index (χ0v) is 14.3. The fourth-order valence-corrected chi connectivity index (χ4v) is 4.88. The second-order valence-electron chi connectivity index (χ2n) is 6.44. The van der Waals surface area contributed by atoms with Gasteiger partial charge < -0.3 is 9.84 Å². The highest BCUT2D eigenvalue weighted by Crippen LogP contribution is 2.37. The summed E-state index contributed by atoms with van der Waals surface area (Å²) in [5.74, 6) is 0.619. The Bertz CT molecular complexity index is 595. The second kappa shape index (κ2) is 6.56. The average molecular weight is 327 g/mol. The topological polar surface area (TPSA) is 66.8 Å². The van der Waals surface area contributed by atoms with E-state index in [1.165, 1.54) is 4.31 Å². The molecule has 5 nitrogen and oxygen atoms in total. The van der Waals surface area contributed by atoms with Gasteiger partial charge in [0.1, 0.15) is 5.75 Å². The van der Waals surface area contributed by atoms with Crippen LogP contribution in [0.15, 0.2) is 29.2 Å². The van der Waals surface area contributed by atoms with Gasteiger partial charge in [-0.15, -0.1) is 0 Å². The van der Waals surface area contributed by atoms with E-state index in [-0.39, 0.29) is 16.9 Å². The smallest absolute Gasteiger partial charge is 0.243 e. The quantitative estimate of drug-likeness (QED) is 0.921. The van der Waals surface area contributed by atoms with Crippen molar-refractivity contribution in [1.82, 2.24) is 4.31 Å². The largest absolute Gasteiger partial charge is 0.497 e. The highest BCUT2D eigenvalue weighted by atomic mass is 32.2. The van der Waals surface area contributed by atoms with Gasteiger partial charge in [0, 0.05) is 6.54 Å². The van der Waals surface area contributed by atoms with Crippen molar-refractivity contribution >= 4 is 10.0 Å². The number of hydrogen-bond acceptors (Lipinski definition) is 4. The average Bonchev–Trinajstić information content (AvgIpc) is 2.65. The van der Waals surface area contributed by atoms with Crippen LogP contribution in [-0.4, -0.2) is 44.1 Å². The Morgan fingerprint density at radius 2 is 1.91 bits per heavy atom. The first-order valence-corrected chi connectivity index (χ1v) is 9.03. The van der Waals surface area contributed by atoms with E-state index in [0.29, 0.717) is 12.3 Å². The standard InChI is InChI=1S/C16H25NO4S/c1-16(2)10-4-5-11-17(15(16)12-18)22(19,20)14-8-6-13(21-3)7-9-14/h6-9,15,18H,4-5,10-12H2,1-3H3. The predicted molar refractivity (Wildman–Crippen MR) is 85.4 cm³/mol. The van der Waals surface area contributed by atoms with Gasteiger partial charge >= 0.3 is 0 Å². The molecule has 1 atom stereocenters. The molecule has 1 unspecified atom stereocenters. The van der Waals surface area contributed by atoms with Gasteiger partial charge in [-0.2, -0.15) is 4.31 Å². The highest BCUT2D eigenvalue weighted by Gasteiger charge is 2.41. The number of rotatable bonds is 4. The molecular formula is C16H25NO4S. The Morgan fingerprint density at radius 1 is 1.27 bits per heavy atom. The van der Waals surface area contributed by atoms with Crippen LogP contribution in [-0.2, 0) is 10.0 Å². The third kappa shape index (κ3) is 3.29. The van der Waals surface area contributed by atoms with Crippen molar-refractivity contribution in [3.05, 3.63) is 24.3 Å². The van der Waals surface area contributed by atoms with E-state index in [1.807, 2.05) is 13.8 Å². The zero-order valence-electron chi connectivity index (χ0n) is 13.4. The maximum atomic E-state index is 13.0. The van der Waals surface area contributed by atoms with Crippen LogP contribution in [0.2, 0.25) is 0 Å². The van der Waals surface area contributed by atoms with Gasteiger partial charge in [0.05, 0.1) is 24.7 Å². The maximum absolute atomic E-state index is 13.0. The Labute approximate surface area is 133 Å². The molecule has 0 spiro atoms. The summed E-state index contributed by atoms with van der Waals surface area (Å²) in [7, 11) is -2.08. The lowest BCUT2D eigenvalue weighted by Gasteiger charge is -2.38. The molecule has 1 aromatic rings. The lowest BCUT2D eigenvalue weighted by atomic mass is 9.81. The molecule has 1 fully saturated rings. The fraction of sp³-hybridized carbons (Fsp3) is 0.625. The number of ether oxygens (including phenoxy) is 1. The molecule has 0 amide bonds. The SMILES string of the molecule is COc1ccc(S(=O)(=O)N2CCCCC(C)(C)C2CO)cc1. The summed E-state index contributed by atoms with van der Waals surface area (Å²) in [6, 6.07) is 6.00. The number of hydrogen-bond donors (Lipinski definition) is 1. The molecule has 0 radical (unpaired) electrons. The van der Waals surface area contributed by atoms with E-state index in [4.69, 9.17) is 4.74 Å². The van der Waals surface area contributed by atoms with Crippen molar-refractivity contribution in [2.75, 3.05) is 20.3 Å². The van der Waals surface area contributed by atoms with Crippen LogP contribution in [0.4, 0.5) is 0 Å². The van der Waals surface area contributed by atoms with E-state index in [0.717, 1.165) is 19.3 Å². The molecule has 22 heavy (non-hydrogen) atoms. The molecule has 0 aromatic heterocycles. The molecule has 6 heteroatoms. The summed E-state index contributed by atoms with van der Waals surface area (Å²) in [6.45, 7) is 4.33. The first kappa shape index (κ1) is 17.2. The summed E-state index contributed by atoms with van der Waals surface area (Å²) >= 11 is 0. The lowest BCUT2D eigenvalue weighted by Crippen LogP contribution is -2.49. The minimum Gasteiger partial charge on any atom is -0.497 e. The van der Waals surface area contributed by atoms with Crippen LogP contribution in [0.3, 0.4) is 0 Å². The van der Waals surface area contributed by atoms with Crippen molar-refractivity contribution in [3.63, 3.8) is 0 Å². The van der Waals surface area contributed by atoms with Gasteiger partial charge in [-0.1, -0.05) is 20.3 Å². The van der Waals surface area contributed by atoms with Crippen LogP contribution in [0.1, 0.15) is 33.1 Å². The molecule has 1 aliphatic heterocycles. The number of sulfonamides is 1. The van der Waals surface area contributed by atoms with E-state index < -0.39 is 16.1 Å². The van der Waals surface area contributed by atoms with E-state index in [1.54, 1.807) is 31.4 Å². The number of aliphatic hydroxyl groups is 1. The second-order valence-corrected chi connectivity index (χ2v) is 8.33. The molecule has 0 aliphatic carbocycles. The van der Waals surface area contributed by atoms with Crippen LogP contribution in [0.25, 0.3) is 0 Å². The summed E-state index contributed by atoms with van der Waals surface area (Å²) in [5.41, 5.74) is -0.245. The normalized spacial score (nSPS) is 23.0. The molecule has 124 valence electrons. The Hall–Kier alpha value is -1.11. The zero-order chi connectivity index (χ0) is 16.4. The molecule has 2 rings (SSSR count). The van der Waals surface area contributed by atoms with Gasteiger partial charge in [-0.3, -0.25) is 0 Å². The molecular weight excluding hydrogens is 302 g/mol. The predicted octanol–water partition coefficient (Wildman–Crippen LogP) is 2.26. The minimum atomic E-state index is -3.62. The maximum Gasteiger partial charge on any atom is 0.243 e. The van der Waals surface area contributed by atoms with Crippen LogP contribution in [0, 0.1) is 5.41 Å². The van der Waals surface area contributed by atoms with Gasteiger partial charge in [0.2, 0.25) is 10.0 Å². The Morgan fingerprint density at radius 3 is 2.45 bits per heavy atom. The van der Waals surface area contributed by atoms with Gasteiger partial charge in [-0.25, -0.2) is 8.42 Å². The van der Waals surface area contributed by atoms with Crippen LogP contribution < -0.4 is 4.74 Å². The molecule has 1 N–H and O–H groups in total. The van der Waals surface area contributed by atoms with Crippen LogP contribution >= 0.6 is 0 Å². The number of methoxy groups -OCH3 is 1. The number of aliphatic hydroxyl groups excluding tert-OH is 1. The van der Waals surface area contributed by atoms with Gasteiger partial charge in [0.25, 0.3) is 0 Å². The Balaban J connectivity index is 2.40. The molecule has 0 bridgehead atoms. The van der Waals surface area contributed by atoms with Crippen molar-refractivity contribution in [3.8, 4) is 5.75 Å². The fourth-order valence-electron chi connectivity index (χ4n) is 3.07. The van der Waals surface area contributed by atoms with Crippen molar-refractivity contribution in [1.29, 1.82) is 0 Å². The van der Waals surface area contributed by atoms with Crippen molar-refractivity contribution in [2.24, 2.45) is 5.41 Å². The Kier molecular flexibility index (Phi) is 5.14. The van der Waals surface area contributed by atoms with Gasteiger partial charge in [0.15, 0.2) is 0 Å². The molecule has 1 aromatic carbocycles. The lowest BCUT2D eigenvalue weighted by molar-refractivity contribution is 0.0975. The van der Waals surface area contributed by atoms with E-state index >= 15 is 0 Å². The monoisotopic (exact) mass is 327 g/mol. The summed E-state index contributed by atoms with van der Waals surface area (Å²) in [4.78, 5) is 0.240. The van der Waals surface area contributed by atoms with Crippen LogP contribution in [0.5, 0.6) is 5.75 Å². The number of nitrogens with zero attached hydrogens (tertiary/aromatic N) is 1. The van der Waals surface area contributed by atoms with E-state index in [2.05, 4.69) is 0 Å². The molecule has 1 heterocycles. The summed E-state index contributed by atoms with van der Waals surface area (Å²) in [6.07, 6.45) is 2.69. The molecule has 0 saturated carbocycles. The van der Waals surface area contributed by atoms with Gasteiger partial charge in [-0.05, 0) is 42.5 Å². The first-order chi connectivity index (χ1) is 10.3. The third-order valence-corrected chi connectivity index (χ3v) is 6.46. The van der Waals surface area contributed by atoms with E-state index in [9.17, 15) is 13.5 Å².